The third-order valence-electron chi connectivity index (χ3n) is 2.42. The van der Waals surface area contributed by atoms with E-state index >= 15 is 0 Å². The Morgan fingerprint density at radius 2 is 2.00 bits per heavy atom. The minimum Gasteiger partial charge on any atom is -0.127 e. The highest BCUT2D eigenvalue weighted by molar-refractivity contribution is 6.17. The van der Waals surface area contributed by atoms with Gasteiger partial charge in [-0.15, -0.1) is 11.6 Å². The number of halogens is 1. The van der Waals surface area contributed by atoms with Gasteiger partial charge < -0.3 is 0 Å². The molecule has 1 aliphatic carbocycles. The van der Waals surface area contributed by atoms with Crippen LogP contribution in [-0.2, 0) is 0 Å². The second-order valence-corrected chi connectivity index (χ2v) is 4.08. The van der Waals surface area contributed by atoms with Gasteiger partial charge >= 0.3 is 0 Å². The normalized spacial score (nSPS) is 20.3. The van der Waals surface area contributed by atoms with Crippen LogP contribution in [0.5, 0.6) is 0 Å². The molecule has 0 aromatic carbocycles. The Kier molecular flexibility index (Phi) is 2.05. The molecule has 0 atom stereocenters. The molecule has 0 saturated heterocycles. The van der Waals surface area contributed by atoms with E-state index in [2.05, 4.69) is 13.8 Å². The summed E-state index contributed by atoms with van der Waals surface area (Å²) in [7, 11) is 0. The summed E-state index contributed by atoms with van der Waals surface area (Å²) in [5.41, 5.74) is 0.530. The summed E-state index contributed by atoms with van der Waals surface area (Å²) < 4.78 is 0. The van der Waals surface area contributed by atoms with Gasteiger partial charge in [-0.25, -0.2) is 0 Å². The molecule has 0 amide bonds. The molecule has 0 unspecified atom stereocenters. The molecule has 1 rings (SSSR count). The highest BCUT2D eigenvalue weighted by Gasteiger charge is 2.36. The number of hydrogen-bond acceptors (Lipinski definition) is 0. The van der Waals surface area contributed by atoms with Gasteiger partial charge in [0.05, 0.1) is 0 Å². The van der Waals surface area contributed by atoms with E-state index in [1.165, 1.54) is 19.3 Å². The van der Waals surface area contributed by atoms with Crippen molar-refractivity contribution in [2.45, 2.75) is 33.1 Å². The van der Waals surface area contributed by atoms with E-state index in [9.17, 15) is 0 Å². The average Bonchev–Trinajstić information content (AvgIpc) is 2.41. The second kappa shape index (κ2) is 2.49. The first-order valence-electron chi connectivity index (χ1n) is 3.73. The SMILES string of the molecule is CC(C)(CCCl)C1CC1. The summed E-state index contributed by atoms with van der Waals surface area (Å²) in [5, 5.41) is 0. The highest BCUT2D eigenvalue weighted by Crippen LogP contribution is 2.47. The zero-order valence-electron chi connectivity index (χ0n) is 6.28. The van der Waals surface area contributed by atoms with Gasteiger partial charge in [-0.2, -0.15) is 0 Å². The Balaban J connectivity index is 2.30. The monoisotopic (exact) mass is 146 g/mol. The summed E-state index contributed by atoms with van der Waals surface area (Å²) in [5.74, 6) is 1.81. The van der Waals surface area contributed by atoms with E-state index in [4.69, 9.17) is 11.6 Å². The van der Waals surface area contributed by atoms with Crippen molar-refractivity contribution in [3.05, 3.63) is 0 Å². The molecule has 1 saturated carbocycles. The van der Waals surface area contributed by atoms with Crippen LogP contribution < -0.4 is 0 Å². The van der Waals surface area contributed by atoms with Gasteiger partial charge in [0.15, 0.2) is 0 Å². The molecule has 1 aliphatic rings. The zero-order chi connectivity index (χ0) is 6.91. The Labute approximate surface area is 62.6 Å². The Hall–Kier alpha value is 0.290. The van der Waals surface area contributed by atoms with Crippen molar-refractivity contribution in [2.24, 2.45) is 11.3 Å². The van der Waals surface area contributed by atoms with Crippen molar-refractivity contribution >= 4 is 11.6 Å². The second-order valence-electron chi connectivity index (χ2n) is 3.70. The molecular weight excluding hydrogens is 132 g/mol. The lowest BCUT2D eigenvalue weighted by molar-refractivity contribution is 0.299. The van der Waals surface area contributed by atoms with Crippen molar-refractivity contribution < 1.29 is 0 Å². The van der Waals surface area contributed by atoms with Crippen molar-refractivity contribution in [1.29, 1.82) is 0 Å². The number of rotatable bonds is 3. The molecule has 0 aromatic heterocycles. The Bertz CT molecular complexity index is 92.7. The molecule has 0 aliphatic heterocycles. The fourth-order valence-electron chi connectivity index (χ4n) is 1.31. The fourth-order valence-corrected chi connectivity index (χ4v) is 1.80. The van der Waals surface area contributed by atoms with Crippen molar-refractivity contribution in [2.75, 3.05) is 5.88 Å². The smallest absolute Gasteiger partial charge is 0.0228 e. The molecule has 0 aromatic rings. The van der Waals surface area contributed by atoms with Gasteiger partial charge in [0.25, 0.3) is 0 Å². The lowest BCUT2D eigenvalue weighted by Crippen LogP contribution is -2.14. The largest absolute Gasteiger partial charge is 0.127 e. The van der Waals surface area contributed by atoms with Crippen LogP contribution in [0.15, 0.2) is 0 Å². The predicted molar refractivity (Wildman–Crippen MR) is 41.8 cm³/mol. The minimum absolute atomic E-state index is 0.530. The quantitative estimate of drug-likeness (QED) is 0.537. The van der Waals surface area contributed by atoms with E-state index < -0.39 is 0 Å². The van der Waals surface area contributed by atoms with Gasteiger partial charge in [-0.3, -0.25) is 0 Å². The molecule has 0 N–H and O–H groups in total. The third-order valence-corrected chi connectivity index (χ3v) is 2.61. The van der Waals surface area contributed by atoms with Crippen molar-refractivity contribution in [1.82, 2.24) is 0 Å². The van der Waals surface area contributed by atoms with Crippen LogP contribution in [0.3, 0.4) is 0 Å². The molecule has 0 bridgehead atoms. The molecule has 1 fully saturated rings. The van der Waals surface area contributed by atoms with Gasteiger partial charge in [0.2, 0.25) is 0 Å². The lowest BCUT2D eigenvalue weighted by Gasteiger charge is -2.22. The van der Waals surface area contributed by atoms with Crippen LogP contribution in [0.4, 0.5) is 0 Å². The predicted octanol–water partition coefficient (Wildman–Crippen LogP) is 3.05. The summed E-state index contributed by atoms with van der Waals surface area (Å²) in [6.07, 6.45) is 4.05. The maximum atomic E-state index is 5.66. The standard InChI is InChI=1S/C8H15Cl/c1-8(2,5-6-9)7-3-4-7/h7H,3-6H2,1-2H3. The average molecular weight is 147 g/mol. The number of alkyl halides is 1. The highest BCUT2D eigenvalue weighted by atomic mass is 35.5. The third kappa shape index (κ3) is 1.86. The van der Waals surface area contributed by atoms with Crippen LogP contribution in [0, 0.1) is 11.3 Å². The lowest BCUT2D eigenvalue weighted by atomic mass is 9.85. The summed E-state index contributed by atoms with van der Waals surface area (Å²) >= 11 is 5.66. The molecule has 0 radical (unpaired) electrons. The first-order chi connectivity index (χ1) is 4.17. The first-order valence-corrected chi connectivity index (χ1v) is 4.26. The van der Waals surface area contributed by atoms with Crippen LogP contribution in [0.25, 0.3) is 0 Å². The Morgan fingerprint density at radius 1 is 1.44 bits per heavy atom. The minimum atomic E-state index is 0.530. The van der Waals surface area contributed by atoms with E-state index in [1.807, 2.05) is 0 Å². The molecule has 0 heterocycles. The number of hydrogen-bond donors (Lipinski definition) is 0. The van der Waals surface area contributed by atoms with E-state index in [0.717, 1.165) is 11.8 Å². The van der Waals surface area contributed by atoms with Gasteiger partial charge in [-0.1, -0.05) is 13.8 Å². The molecule has 54 valence electrons. The molecule has 9 heavy (non-hydrogen) atoms. The summed E-state index contributed by atoms with van der Waals surface area (Å²) in [6, 6.07) is 0. The summed E-state index contributed by atoms with van der Waals surface area (Å²) in [6.45, 7) is 4.65. The van der Waals surface area contributed by atoms with Gasteiger partial charge in [0, 0.05) is 5.88 Å². The van der Waals surface area contributed by atoms with E-state index in [-0.39, 0.29) is 0 Å². The van der Waals surface area contributed by atoms with E-state index in [0.29, 0.717) is 5.41 Å². The zero-order valence-corrected chi connectivity index (χ0v) is 7.04. The molecule has 0 spiro atoms. The maximum Gasteiger partial charge on any atom is 0.0228 e. The van der Waals surface area contributed by atoms with Crippen LogP contribution in [0.2, 0.25) is 0 Å². The van der Waals surface area contributed by atoms with Crippen molar-refractivity contribution in [3.8, 4) is 0 Å². The topological polar surface area (TPSA) is 0 Å². The van der Waals surface area contributed by atoms with E-state index in [1.54, 1.807) is 0 Å². The molecule has 0 nitrogen and oxygen atoms in total. The van der Waals surface area contributed by atoms with Crippen molar-refractivity contribution in [3.63, 3.8) is 0 Å². The molecule has 1 heteroatoms. The van der Waals surface area contributed by atoms with Crippen LogP contribution in [-0.4, -0.2) is 5.88 Å². The Morgan fingerprint density at radius 3 is 2.33 bits per heavy atom. The maximum absolute atomic E-state index is 5.66. The first kappa shape index (κ1) is 7.40. The van der Waals surface area contributed by atoms with Crippen LogP contribution >= 0.6 is 11.6 Å². The van der Waals surface area contributed by atoms with Crippen LogP contribution in [0.1, 0.15) is 33.1 Å². The summed E-state index contributed by atoms with van der Waals surface area (Å²) in [4.78, 5) is 0. The fraction of sp³-hybridized carbons (Fsp3) is 1.00. The molecular formula is C8H15Cl. The van der Waals surface area contributed by atoms with Gasteiger partial charge in [0.1, 0.15) is 0 Å². The van der Waals surface area contributed by atoms with Gasteiger partial charge in [-0.05, 0) is 30.6 Å².